The van der Waals surface area contributed by atoms with Gasteiger partial charge in [-0.1, -0.05) is 115 Å². The minimum atomic E-state index is 0.925. The van der Waals surface area contributed by atoms with Crippen LogP contribution >= 0.6 is 11.3 Å². The second-order valence-electron chi connectivity index (χ2n) is 13.3. The van der Waals surface area contributed by atoms with E-state index in [4.69, 9.17) is 4.42 Å². The molecule has 0 bridgehead atoms. The molecule has 0 aliphatic carbocycles. The maximum atomic E-state index is 6.13. The third kappa shape index (κ3) is 4.42. The van der Waals surface area contributed by atoms with Gasteiger partial charge in [0, 0.05) is 47.4 Å². The summed E-state index contributed by atoms with van der Waals surface area (Å²) >= 11 is 1.88. The Morgan fingerprint density at radius 3 is 1.94 bits per heavy atom. The third-order valence-corrected chi connectivity index (χ3v) is 11.6. The van der Waals surface area contributed by atoms with Gasteiger partial charge in [-0.15, -0.1) is 11.3 Å². The molecule has 3 heteroatoms. The van der Waals surface area contributed by atoms with Gasteiger partial charge in [-0.3, -0.25) is 0 Å². The molecule has 0 atom stereocenters. The highest BCUT2D eigenvalue weighted by atomic mass is 32.1. The lowest BCUT2D eigenvalue weighted by Gasteiger charge is -2.11. The van der Waals surface area contributed by atoms with Crippen molar-refractivity contribution in [3.8, 4) is 39.1 Å². The van der Waals surface area contributed by atoms with Crippen LogP contribution < -0.4 is 0 Å². The topological polar surface area (TPSA) is 18.1 Å². The highest BCUT2D eigenvalue weighted by Gasteiger charge is 2.16. The van der Waals surface area contributed by atoms with Gasteiger partial charge >= 0.3 is 0 Å². The van der Waals surface area contributed by atoms with Gasteiger partial charge in [-0.05, 0) is 94.0 Å². The number of rotatable bonds is 4. The Morgan fingerprint density at radius 1 is 0.373 bits per heavy atom. The third-order valence-electron chi connectivity index (χ3n) is 10.4. The van der Waals surface area contributed by atoms with E-state index in [1.807, 2.05) is 23.5 Å². The lowest BCUT2D eigenvalue weighted by atomic mass is 9.98. The Labute approximate surface area is 298 Å². The average molecular weight is 668 g/mol. The number of para-hydroxylation sites is 2. The number of nitrogens with zero attached hydrogens (tertiary/aromatic N) is 1. The van der Waals surface area contributed by atoms with Crippen molar-refractivity contribution in [2.24, 2.45) is 0 Å². The molecule has 0 aliphatic heterocycles. The van der Waals surface area contributed by atoms with E-state index in [9.17, 15) is 0 Å². The molecule has 0 radical (unpaired) electrons. The Bertz CT molecular complexity index is 3140. The largest absolute Gasteiger partial charge is 0.456 e. The average Bonchev–Trinajstić information content (AvgIpc) is 3.87. The molecule has 0 saturated carbocycles. The summed E-state index contributed by atoms with van der Waals surface area (Å²) < 4.78 is 11.1. The lowest BCUT2D eigenvalue weighted by Crippen LogP contribution is -1.94. The first-order valence-electron chi connectivity index (χ1n) is 17.3. The van der Waals surface area contributed by atoms with Crippen molar-refractivity contribution >= 4 is 75.3 Å². The first-order chi connectivity index (χ1) is 25.3. The molecule has 0 amide bonds. The lowest BCUT2D eigenvalue weighted by molar-refractivity contribution is 0.669. The van der Waals surface area contributed by atoms with Gasteiger partial charge in [-0.25, -0.2) is 0 Å². The van der Waals surface area contributed by atoms with Gasteiger partial charge in [0.2, 0.25) is 0 Å². The molecule has 2 nitrogen and oxygen atoms in total. The van der Waals surface area contributed by atoms with Crippen molar-refractivity contribution in [2.75, 3.05) is 0 Å². The normalized spacial score (nSPS) is 11.9. The number of hydrogen-bond donors (Lipinski definition) is 0. The van der Waals surface area contributed by atoms with E-state index >= 15 is 0 Å². The van der Waals surface area contributed by atoms with E-state index in [0.29, 0.717) is 0 Å². The minimum absolute atomic E-state index is 0.925. The quantitative estimate of drug-likeness (QED) is 0.183. The predicted molar refractivity (Wildman–Crippen MR) is 217 cm³/mol. The molecule has 3 aromatic heterocycles. The number of furan rings is 1. The molecule has 0 aliphatic rings. The monoisotopic (exact) mass is 667 g/mol. The smallest absolute Gasteiger partial charge is 0.135 e. The molecule has 0 spiro atoms. The van der Waals surface area contributed by atoms with E-state index in [1.54, 1.807) is 0 Å². The van der Waals surface area contributed by atoms with Crippen LogP contribution in [0.25, 0.3) is 103 Å². The van der Waals surface area contributed by atoms with E-state index < -0.39 is 0 Å². The molecular formula is C48H29NOS. The molecule has 238 valence electrons. The van der Waals surface area contributed by atoms with Crippen LogP contribution in [0.4, 0.5) is 0 Å². The highest BCUT2D eigenvalue weighted by Crippen LogP contribution is 2.43. The molecule has 11 aromatic rings. The molecule has 0 fully saturated rings. The minimum Gasteiger partial charge on any atom is -0.456 e. The van der Waals surface area contributed by atoms with Crippen LogP contribution in [0, 0.1) is 0 Å². The van der Waals surface area contributed by atoms with Crippen LogP contribution in [0.2, 0.25) is 0 Å². The van der Waals surface area contributed by atoms with Crippen molar-refractivity contribution in [3.63, 3.8) is 0 Å². The van der Waals surface area contributed by atoms with Gasteiger partial charge in [0.25, 0.3) is 0 Å². The van der Waals surface area contributed by atoms with Crippen molar-refractivity contribution < 1.29 is 4.42 Å². The van der Waals surface area contributed by atoms with Crippen LogP contribution in [0.3, 0.4) is 0 Å². The van der Waals surface area contributed by atoms with Crippen LogP contribution in [0.5, 0.6) is 0 Å². The van der Waals surface area contributed by atoms with Crippen LogP contribution in [0.15, 0.2) is 180 Å². The number of benzene rings is 8. The molecule has 51 heavy (non-hydrogen) atoms. The summed E-state index contributed by atoms with van der Waals surface area (Å²) in [5.41, 5.74) is 12.8. The summed E-state index contributed by atoms with van der Waals surface area (Å²) in [6, 6.07) is 63.8. The zero-order valence-corrected chi connectivity index (χ0v) is 28.3. The highest BCUT2D eigenvalue weighted by molar-refractivity contribution is 7.26. The van der Waals surface area contributed by atoms with Gasteiger partial charge in [0.1, 0.15) is 11.2 Å². The first-order valence-corrected chi connectivity index (χ1v) is 18.1. The van der Waals surface area contributed by atoms with Gasteiger partial charge in [0.05, 0.1) is 11.0 Å². The van der Waals surface area contributed by atoms with Crippen LogP contribution in [0.1, 0.15) is 0 Å². The van der Waals surface area contributed by atoms with Crippen molar-refractivity contribution in [3.05, 3.63) is 176 Å². The number of thiophene rings is 1. The molecule has 0 N–H and O–H groups in total. The summed E-state index contributed by atoms with van der Waals surface area (Å²) in [6.45, 7) is 0. The first kappa shape index (κ1) is 28.4. The maximum absolute atomic E-state index is 6.13. The summed E-state index contributed by atoms with van der Waals surface area (Å²) in [6.07, 6.45) is 0. The van der Waals surface area contributed by atoms with Gasteiger partial charge < -0.3 is 8.98 Å². The Kier molecular flexibility index (Phi) is 6.16. The fraction of sp³-hybridized carbons (Fsp3) is 0. The molecule has 3 heterocycles. The van der Waals surface area contributed by atoms with Crippen molar-refractivity contribution in [2.45, 2.75) is 0 Å². The fourth-order valence-electron chi connectivity index (χ4n) is 7.98. The van der Waals surface area contributed by atoms with Gasteiger partial charge in [0.15, 0.2) is 0 Å². The Morgan fingerprint density at radius 2 is 1.02 bits per heavy atom. The number of fused-ring (bicyclic) bond motifs is 9. The summed E-state index contributed by atoms with van der Waals surface area (Å²) in [7, 11) is 0. The fourth-order valence-corrected chi connectivity index (χ4v) is 9.20. The van der Waals surface area contributed by atoms with E-state index in [2.05, 4.69) is 168 Å². The zero-order valence-electron chi connectivity index (χ0n) is 27.5. The summed E-state index contributed by atoms with van der Waals surface area (Å²) in [5.74, 6) is 0. The summed E-state index contributed by atoms with van der Waals surface area (Å²) in [4.78, 5) is 0. The maximum Gasteiger partial charge on any atom is 0.135 e. The van der Waals surface area contributed by atoms with E-state index in [1.165, 1.54) is 75.4 Å². The molecular weight excluding hydrogens is 639 g/mol. The number of aromatic nitrogens is 1. The Balaban J connectivity index is 1.04. The number of hydrogen-bond acceptors (Lipinski definition) is 2. The standard InChI is InChI=1S/C48H29NOS/c1-2-10-30(11-3-1)31-12-8-13-35(26-31)49-43-18-6-4-14-37(43)40-27-32(20-23-44(40)49)33-22-25-47-42(28-33)39-17-9-16-36(48(39)51-47)34-21-24-46-41(29-34)38-15-5-7-19-45(38)50-46/h1-29H. The van der Waals surface area contributed by atoms with Crippen LogP contribution in [-0.4, -0.2) is 4.57 Å². The molecule has 11 rings (SSSR count). The van der Waals surface area contributed by atoms with Crippen LogP contribution in [-0.2, 0) is 0 Å². The zero-order chi connectivity index (χ0) is 33.5. The van der Waals surface area contributed by atoms with E-state index in [-0.39, 0.29) is 0 Å². The molecule has 0 saturated heterocycles. The second-order valence-corrected chi connectivity index (χ2v) is 14.4. The Hall–Kier alpha value is -6.42. The predicted octanol–water partition coefficient (Wildman–Crippen LogP) is 14.1. The van der Waals surface area contributed by atoms with Gasteiger partial charge in [-0.2, -0.15) is 0 Å². The summed E-state index contributed by atoms with van der Waals surface area (Å²) in [5, 5.41) is 7.42. The second kappa shape index (κ2) is 11.0. The molecule has 0 unspecified atom stereocenters. The SMILES string of the molecule is c1ccc(-c2cccc(-n3c4ccccc4c4cc(-c5ccc6sc7c(-c8ccc9oc%10ccccc%10c9c8)cccc7c6c5)ccc43)c2)cc1. The van der Waals surface area contributed by atoms with E-state index in [0.717, 1.165) is 27.6 Å². The van der Waals surface area contributed by atoms with Crippen molar-refractivity contribution in [1.29, 1.82) is 0 Å². The van der Waals surface area contributed by atoms with Crippen molar-refractivity contribution in [1.82, 2.24) is 4.57 Å². The molecule has 8 aromatic carbocycles.